The Balaban J connectivity index is 2.30. The Morgan fingerprint density at radius 1 is 1.45 bits per heavy atom. The third-order valence-corrected chi connectivity index (χ3v) is 6.34. The van der Waals surface area contributed by atoms with Gasteiger partial charge in [-0.25, -0.2) is 22.9 Å². The minimum absolute atomic E-state index is 0.329. The molecule has 2 unspecified atom stereocenters. The average Bonchev–Trinajstić information content (AvgIpc) is 2.46. The summed E-state index contributed by atoms with van der Waals surface area (Å²) in [5, 5.41) is 9.08. The van der Waals surface area contributed by atoms with E-state index >= 15 is 0 Å². The molecule has 7 nitrogen and oxygen atoms in total. The molecule has 1 fully saturated rings. The predicted molar refractivity (Wildman–Crippen MR) is 79.1 cm³/mol. The van der Waals surface area contributed by atoms with Gasteiger partial charge in [-0.2, -0.15) is 0 Å². The van der Waals surface area contributed by atoms with Crippen LogP contribution in [-0.4, -0.2) is 43.2 Å². The average molecular weight is 328 g/mol. The van der Waals surface area contributed by atoms with Crippen molar-refractivity contribution in [3.63, 3.8) is 0 Å². The van der Waals surface area contributed by atoms with E-state index in [9.17, 15) is 13.2 Å². The number of carboxylic acids is 1. The van der Waals surface area contributed by atoms with Crippen molar-refractivity contribution in [1.82, 2.24) is 9.71 Å². The fourth-order valence-electron chi connectivity index (χ4n) is 2.70. The van der Waals surface area contributed by atoms with Crippen LogP contribution in [0.1, 0.15) is 37.7 Å². The number of nitrogens with zero attached hydrogens (tertiary/aromatic N) is 1. The lowest BCUT2D eigenvalue weighted by molar-refractivity contribution is -0.175. The zero-order valence-corrected chi connectivity index (χ0v) is 13.8. The number of carboxylic acid groups (broad SMARTS) is 1. The minimum atomic E-state index is -3.97. The van der Waals surface area contributed by atoms with Crippen LogP contribution in [-0.2, 0) is 14.8 Å². The molecule has 0 spiro atoms. The number of carbonyl (C=O) groups is 1. The third-order valence-electron chi connectivity index (χ3n) is 4.84. The SMILES string of the molecule is COC1(C)CC(NS(=O)(=O)c2cccnc2C(=O)O)C1(C)C. The molecule has 1 aliphatic rings. The lowest BCUT2D eigenvalue weighted by atomic mass is 9.56. The van der Waals surface area contributed by atoms with Crippen LogP contribution < -0.4 is 4.72 Å². The van der Waals surface area contributed by atoms with Crippen molar-refractivity contribution in [2.24, 2.45) is 5.41 Å². The minimum Gasteiger partial charge on any atom is -0.476 e. The molecule has 1 saturated carbocycles. The van der Waals surface area contributed by atoms with Gasteiger partial charge in [0.05, 0.1) is 5.60 Å². The number of sulfonamides is 1. The number of nitrogens with one attached hydrogen (secondary N) is 1. The van der Waals surface area contributed by atoms with Gasteiger partial charge >= 0.3 is 5.97 Å². The molecule has 0 bridgehead atoms. The summed E-state index contributed by atoms with van der Waals surface area (Å²) in [7, 11) is -2.38. The summed E-state index contributed by atoms with van der Waals surface area (Å²) in [6.45, 7) is 5.74. The number of aromatic carboxylic acids is 1. The van der Waals surface area contributed by atoms with Gasteiger partial charge < -0.3 is 9.84 Å². The number of hydrogen-bond donors (Lipinski definition) is 2. The molecule has 1 aromatic rings. The Bertz CT molecular complexity index is 701. The molecule has 1 aliphatic carbocycles. The van der Waals surface area contributed by atoms with Crippen LogP contribution in [0.25, 0.3) is 0 Å². The molecular formula is C14H20N2O5S. The summed E-state index contributed by atoms with van der Waals surface area (Å²) in [6, 6.07) is 2.29. The maximum Gasteiger partial charge on any atom is 0.355 e. The van der Waals surface area contributed by atoms with Crippen LogP contribution in [0.2, 0.25) is 0 Å². The van der Waals surface area contributed by atoms with E-state index in [0.717, 1.165) is 0 Å². The topological polar surface area (TPSA) is 106 Å². The molecule has 0 aromatic carbocycles. The van der Waals surface area contributed by atoms with Gasteiger partial charge in [-0.3, -0.25) is 0 Å². The first-order valence-electron chi connectivity index (χ1n) is 6.81. The highest BCUT2D eigenvalue weighted by atomic mass is 32.2. The van der Waals surface area contributed by atoms with Gasteiger partial charge in [0, 0.05) is 24.8 Å². The number of methoxy groups -OCH3 is 1. The van der Waals surface area contributed by atoms with E-state index < -0.39 is 32.7 Å². The highest BCUT2D eigenvalue weighted by molar-refractivity contribution is 7.89. The summed E-state index contributed by atoms with van der Waals surface area (Å²) in [6.07, 6.45) is 1.76. The Morgan fingerprint density at radius 2 is 2.09 bits per heavy atom. The molecule has 0 saturated heterocycles. The summed E-state index contributed by atoms with van der Waals surface area (Å²) in [5.41, 5.74) is -1.33. The number of ether oxygens (including phenoxy) is 1. The van der Waals surface area contributed by atoms with E-state index in [4.69, 9.17) is 9.84 Å². The first-order chi connectivity index (χ1) is 10.0. The molecule has 0 aliphatic heterocycles. The van der Waals surface area contributed by atoms with Gasteiger partial charge in [0.2, 0.25) is 10.0 Å². The zero-order chi connectivity index (χ0) is 16.8. The van der Waals surface area contributed by atoms with Crippen molar-refractivity contribution in [3.8, 4) is 0 Å². The normalized spacial score (nSPS) is 27.2. The van der Waals surface area contributed by atoms with E-state index in [0.29, 0.717) is 6.42 Å². The van der Waals surface area contributed by atoms with Gasteiger partial charge in [0.15, 0.2) is 5.69 Å². The summed E-state index contributed by atoms with van der Waals surface area (Å²) >= 11 is 0. The Hall–Kier alpha value is -1.51. The van der Waals surface area contributed by atoms with Crippen LogP contribution in [0.5, 0.6) is 0 Å². The van der Waals surface area contributed by atoms with Gasteiger partial charge in [-0.1, -0.05) is 13.8 Å². The Labute approximate surface area is 129 Å². The van der Waals surface area contributed by atoms with Gasteiger partial charge in [0.1, 0.15) is 4.90 Å². The number of pyridine rings is 1. The second kappa shape index (κ2) is 5.29. The van der Waals surface area contributed by atoms with Crippen molar-refractivity contribution < 1.29 is 23.1 Å². The number of aromatic nitrogens is 1. The fourth-order valence-corrected chi connectivity index (χ4v) is 4.23. The van der Waals surface area contributed by atoms with Crippen molar-refractivity contribution >= 4 is 16.0 Å². The van der Waals surface area contributed by atoms with E-state index in [1.807, 2.05) is 20.8 Å². The molecule has 2 atom stereocenters. The molecule has 8 heteroatoms. The van der Waals surface area contributed by atoms with Crippen LogP contribution in [0.15, 0.2) is 23.2 Å². The first-order valence-corrected chi connectivity index (χ1v) is 8.29. The van der Waals surface area contributed by atoms with Gasteiger partial charge in [-0.15, -0.1) is 0 Å². The summed E-state index contributed by atoms with van der Waals surface area (Å²) in [4.78, 5) is 14.4. The first kappa shape index (κ1) is 16.9. The van der Waals surface area contributed by atoms with Crippen LogP contribution >= 0.6 is 0 Å². The highest BCUT2D eigenvalue weighted by Crippen LogP contribution is 2.51. The number of rotatable bonds is 5. The largest absolute Gasteiger partial charge is 0.476 e. The zero-order valence-electron chi connectivity index (χ0n) is 13.0. The molecule has 122 valence electrons. The van der Waals surface area contributed by atoms with Crippen molar-refractivity contribution in [1.29, 1.82) is 0 Å². The molecule has 1 aromatic heterocycles. The highest BCUT2D eigenvalue weighted by Gasteiger charge is 2.58. The lowest BCUT2D eigenvalue weighted by Gasteiger charge is -2.58. The molecule has 0 amide bonds. The fraction of sp³-hybridized carbons (Fsp3) is 0.571. The standard InChI is InChI=1S/C14H20N2O5S/c1-13(2)10(8-14(13,3)21-4)16-22(19,20)9-6-5-7-15-11(9)12(17)18/h5-7,10,16H,8H2,1-4H3,(H,17,18). The maximum atomic E-state index is 12.5. The summed E-state index contributed by atoms with van der Waals surface area (Å²) < 4.78 is 33.0. The molecular weight excluding hydrogens is 308 g/mol. The van der Waals surface area contributed by atoms with Crippen LogP contribution in [0, 0.1) is 5.41 Å². The predicted octanol–water partition coefficient (Wildman–Crippen LogP) is 1.26. The van der Waals surface area contributed by atoms with Crippen LogP contribution in [0.3, 0.4) is 0 Å². The Morgan fingerprint density at radius 3 is 2.59 bits per heavy atom. The summed E-state index contributed by atoms with van der Waals surface area (Å²) in [5.74, 6) is -1.38. The molecule has 22 heavy (non-hydrogen) atoms. The van der Waals surface area contributed by atoms with E-state index in [1.165, 1.54) is 18.3 Å². The molecule has 2 N–H and O–H groups in total. The maximum absolute atomic E-state index is 12.5. The monoisotopic (exact) mass is 328 g/mol. The van der Waals surface area contributed by atoms with E-state index in [-0.39, 0.29) is 10.9 Å². The third kappa shape index (κ3) is 2.51. The molecule has 1 heterocycles. The smallest absolute Gasteiger partial charge is 0.355 e. The van der Waals surface area contributed by atoms with Crippen LogP contribution in [0.4, 0.5) is 0 Å². The lowest BCUT2D eigenvalue weighted by Crippen LogP contribution is -2.68. The second-order valence-electron chi connectivity index (χ2n) is 6.19. The van der Waals surface area contributed by atoms with Gasteiger partial charge in [-0.05, 0) is 25.5 Å². The number of hydrogen-bond acceptors (Lipinski definition) is 5. The Kier molecular flexibility index (Phi) is 4.05. The van der Waals surface area contributed by atoms with E-state index in [1.54, 1.807) is 7.11 Å². The van der Waals surface area contributed by atoms with Crippen molar-refractivity contribution in [2.75, 3.05) is 7.11 Å². The quantitative estimate of drug-likeness (QED) is 0.843. The van der Waals surface area contributed by atoms with Crippen molar-refractivity contribution in [3.05, 3.63) is 24.0 Å². The van der Waals surface area contributed by atoms with E-state index in [2.05, 4.69) is 9.71 Å². The molecule has 2 rings (SSSR count). The van der Waals surface area contributed by atoms with Gasteiger partial charge in [0.25, 0.3) is 0 Å². The van der Waals surface area contributed by atoms with Crippen molar-refractivity contribution in [2.45, 2.75) is 43.7 Å². The molecule has 0 radical (unpaired) electrons. The second-order valence-corrected chi connectivity index (χ2v) is 7.87.